The average molecular weight is 173 g/mol. The van der Waals surface area contributed by atoms with E-state index in [1.54, 1.807) is 7.11 Å². The number of methoxy groups -OCH3 is 1. The van der Waals surface area contributed by atoms with Gasteiger partial charge in [-0.2, -0.15) is 0 Å². The van der Waals surface area contributed by atoms with Gasteiger partial charge in [-0.15, -0.1) is 0 Å². The monoisotopic (exact) mass is 173 g/mol. The Morgan fingerprint density at radius 2 is 1.75 bits per heavy atom. The lowest BCUT2D eigenvalue weighted by Crippen LogP contribution is -2.46. The molecule has 0 aliphatic carbocycles. The van der Waals surface area contributed by atoms with Crippen LogP contribution in [0.5, 0.6) is 0 Å². The van der Waals surface area contributed by atoms with Crippen molar-refractivity contribution in [3.8, 4) is 0 Å². The van der Waals surface area contributed by atoms with Gasteiger partial charge in [0, 0.05) is 19.2 Å². The quantitative estimate of drug-likeness (QED) is 0.702. The van der Waals surface area contributed by atoms with Crippen molar-refractivity contribution in [2.75, 3.05) is 13.7 Å². The van der Waals surface area contributed by atoms with Crippen LogP contribution in [-0.4, -0.2) is 25.8 Å². The zero-order valence-corrected chi connectivity index (χ0v) is 9.27. The van der Waals surface area contributed by atoms with Crippen molar-refractivity contribution in [2.45, 2.75) is 46.7 Å². The van der Waals surface area contributed by atoms with E-state index in [9.17, 15) is 0 Å². The fourth-order valence-corrected chi connectivity index (χ4v) is 1.12. The second-order valence-corrected chi connectivity index (χ2v) is 4.70. The summed E-state index contributed by atoms with van der Waals surface area (Å²) in [5, 5.41) is 3.50. The number of hydrogen-bond donors (Lipinski definition) is 1. The lowest BCUT2D eigenvalue weighted by molar-refractivity contribution is 0.109. The maximum atomic E-state index is 5.17. The maximum absolute atomic E-state index is 5.17. The third kappa shape index (κ3) is 4.73. The van der Waals surface area contributed by atoms with E-state index in [2.05, 4.69) is 39.9 Å². The van der Waals surface area contributed by atoms with Gasteiger partial charge in [0.15, 0.2) is 0 Å². The molecule has 0 radical (unpaired) electrons. The Hall–Kier alpha value is -0.0800. The number of hydrogen-bond acceptors (Lipinski definition) is 2. The third-order valence-corrected chi connectivity index (χ3v) is 1.91. The molecule has 0 rings (SSSR count). The van der Waals surface area contributed by atoms with E-state index in [1.165, 1.54) is 0 Å². The summed E-state index contributed by atoms with van der Waals surface area (Å²) in [5.74, 6) is 0. The molecule has 0 aliphatic heterocycles. The van der Waals surface area contributed by atoms with Gasteiger partial charge in [-0.25, -0.2) is 0 Å². The molecule has 12 heavy (non-hydrogen) atoms. The summed E-state index contributed by atoms with van der Waals surface area (Å²) in [6.07, 6.45) is 0. The molecule has 0 aromatic carbocycles. The molecular formula is C10H23NO. The van der Waals surface area contributed by atoms with E-state index in [-0.39, 0.29) is 5.41 Å². The van der Waals surface area contributed by atoms with Gasteiger partial charge in [0.2, 0.25) is 0 Å². The van der Waals surface area contributed by atoms with Crippen LogP contribution in [0.25, 0.3) is 0 Å². The SMILES string of the molecule is COC[C@H](NC(C)C)C(C)(C)C. The second-order valence-electron chi connectivity index (χ2n) is 4.70. The average Bonchev–Trinajstić information content (AvgIpc) is 1.83. The van der Waals surface area contributed by atoms with Crippen molar-refractivity contribution in [1.82, 2.24) is 5.32 Å². The molecule has 0 amide bonds. The number of nitrogens with one attached hydrogen (secondary N) is 1. The van der Waals surface area contributed by atoms with Gasteiger partial charge >= 0.3 is 0 Å². The largest absolute Gasteiger partial charge is 0.383 e. The summed E-state index contributed by atoms with van der Waals surface area (Å²) in [7, 11) is 1.75. The highest BCUT2D eigenvalue weighted by atomic mass is 16.5. The third-order valence-electron chi connectivity index (χ3n) is 1.91. The molecule has 1 N–H and O–H groups in total. The zero-order valence-electron chi connectivity index (χ0n) is 9.27. The number of rotatable bonds is 4. The fraction of sp³-hybridized carbons (Fsp3) is 1.00. The summed E-state index contributed by atoms with van der Waals surface area (Å²) < 4.78 is 5.17. The van der Waals surface area contributed by atoms with Crippen LogP contribution < -0.4 is 5.32 Å². The molecule has 0 saturated heterocycles. The van der Waals surface area contributed by atoms with Crippen molar-refractivity contribution >= 4 is 0 Å². The molecule has 0 aromatic rings. The van der Waals surface area contributed by atoms with Crippen LogP contribution in [0.4, 0.5) is 0 Å². The van der Waals surface area contributed by atoms with Crippen LogP contribution in [-0.2, 0) is 4.74 Å². The first kappa shape index (κ1) is 11.9. The molecule has 0 aromatic heterocycles. The van der Waals surface area contributed by atoms with Crippen LogP contribution in [0, 0.1) is 5.41 Å². The standard InChI is InChI=1S/C10H23NO/c1-8(2)11-9(7-12-6)10(3,4)5/h8-9,11H,7H2,1-6H3/t9-/m0/s1. The van der Waals surface area contributed by atoms with Crippen LogP contribution in [0.2, 0.25) is 0 Å². The lowest BCUT2D eigenvalue weighted by Gasteiger charge is -2.32. The molecule has 0 aliphatic rings. The summed E-state index contributed by atoms with van der Waals surface area (Å²) in [4.78, 5) is 0. The molecule has 0 heterocycles. The Morgan fingerprint density at radius 1 is 1.25 bits per heavy atom. The van der Waals surface area contributed by atoms with Gasteiger partial charge in [-0.3, -0.25) is 0 Å². The normalized spacial score (nSPS) is 15.2. The maximum Gasteiger partial charge on any atom is 0.0621 e. The summed E-state index contributed by atoms with van der Waals surface area (Å²) in [6, 6.07) is 0.951. The predicted octanol–water partition coefficient (Wildman–Crippen LogP) is 2.05. The first-order valence-corrected chi connectivity index (χ1v) is 4.63. The van der Waals surface area contributed by atoms with Gasteiger partial charge < -0.3 is 10.1 Å². The highest BCUT2D eigenvalue weighted by molar-refractivity contribution is 4.81. The van der Waals surface area contributed by atoms with Crippen molar-refractivity contribution in [1.29, 1.82) is 0 Å². The molecule has 1 atom stereocenters. The topological polar surface area (TPSA) is 21.3 Å². The van der Waals surface area contributed by atoms with Gasteiger partial charge in [0.05, 0.1) is 6.61 Å². The van der Waals surface area contributed by atoms with Gasteiger partial charge in [0.1, 0.15) is 0 Å². The Morgan fingerprint density at radius 3 is 2.00 bits per heavy atom. The Balaban J connectivity index is 4.04. The summed E-state index contributed by atoms with van der Waals surface area (Å²) >= 11 is 0. The molecule has 0 unspecified atom stereocenters. The van der Waals surface area contributed by atoms with Gasteiger partial charge in [-0.1, -0.05) is 34.6 Å². The van der Waals surface area contributed by atoms with Crippen LogP contribution >= 0.6 is 0 Å². The number of ether oxygens (including phenoxy) is 1. The van der Waals surface area contributed by atoms with E-state index in [0.717, 1.165) is 6.61 Å². The molecular weight excluding hydrogens is 150 g/mol. The molecule has 0 saturated carbocycles. The van der Waals surface area contributed by atoms with Gasteiger partial charge in [-0.05, 0) is 5.41 Å². The lowest BCUT2D eigenvalue weighted by atomic mass is 9.87. The van der Waals surface area contributed by atoms with Gasteiger partial charge in [0.25, 0.3) is 0 Å². The van der Waals surface area contributed by atoms with Crippen molar-refractivity contribution in [3.63, 3.8) is 0 Å². The smallest absolute Gasteiger partial charge is 0.0621 e. The van der Waals surface area contributed by atoms with E-state index in [0.29, 0.717) is 12.1 Å². The van der Waals surface area contributed by atoms with Crippen molar-refractivity contribution in [3.05, 3.63) is 0 Å². The minimum absolute atomic E-state index is 0.264. The fourth-order valence-electron chi connectivity index (χ4n) is 1.12. The van der Waals surface area contributed by atoms with Crippen LogP contribution in [0.15, 0.2) is 0 Å². The minimum atomic E-state index is 0.264. The van der Waals surface area contributed by atoms with E-state index in [4.69, 9.17) is 4.74 Å². The molecule has 0 spiro atoms. The predicted molar refractivity (Wildman–Crippen MR) is 53.4 cm³/mol. The Kier molecular flexibility index (Phi) is 4.80. The first-order chi connectivity index (χ1) is 5.38. The highest BCUT2D eigenvalue weighted by Crippen LogP contribution is 2.19. The van der Waals surface area contributed by atoms with Crippen molar-refractivity contribution < 1.29 is 4.74 Å². The van der Waals surface area contributed by atoms with E-state index >= 15 is 0 Å². The zero-order chi connectivity index (χ0) is 9.78. The molecule has 0 fully saturated rings. The van der Waals surface area contributed by atoms with E-state index in [1.807, 2.05) is 0 Å². The van der Waals surface area contributed by atoms with E-state index < -0.39 is 0 Å². The molecule has 2 nitrogen and oxygen atoms in total. The summed E-state index contributed by atoms with van der Waals surface area (Å²) in [6.45, 7) is 11.8. The highest BCUT2D eigenvalue weighted by Gasteiger charge is 2.24. The second kappa shape index (κ2) is 4.83. The molecule has 74 valence electrons. The molecule has 0 bridgehead atoms. The minimum Gasteiger partial charge on any atom is -0.383 e. The summed E-state index contributed by atoms with van der Waals surface area (Å²) in [5.41, 5.74) is 0.264. The Labute approximate surface area is 76.7 Å². The Bertz CT molecular complexity index is 115. The van der Waals surface area contributed by atoms with Crippen LogP contribution in [0.1, 0.15) is 34.6 Å². The van der Waals surface area contributed by atoms with Crippen molar-refractivity contribution in [2.24, 2.45) is 5.41 Å². The van der Waals surface area contributed by atoms with Crippen LogP contribution in [0.3, 0.4) is 0 Å². The first-order valence-electron chi connectivity index (χ1n) is 4.63. The molecule has 2 heteroatoms.